The lowest BCUT2D eigenvalue weighted by molar-refractivity contribution is 0.991. The summed E-state index contributed by atoms with van der Waals surface area (Å²) in [4.78, 5) is 0. The zero-order chi connectivity index (χ0) is 5.54. The largest absolute Gasteiger partial charge is 0.103 e. The minimum absolute atomic E-state index is 1.06. The second-order valence-electron chi connectivity index (χ2n) is 1.34. The zero-order valence-electron chi connectivity index (χ0n) is 4.56. The quantitative estimate of drug-likeness (QED) is 0.371. The lowest BCUT2D eigenvalue weighted by Gasteiger charge is -1.86. The van der Waals surface area contributed by atoms with Gasteiger partial charge in [-0.05, 0) is 32.6 Å². The molecule has 0 aliphatic rings. The van der Waals surface area contributed by atoms with Crippen LogP contribution in [0.4, 0.5) is 0 Å². The van der Waals surface area contributed by atoms with Gasteiger partial charge >= 0.3 is 0 Å². The van der Waals surface area contributed by atoms with Gasteiger partial charge in [0.25, 0.3) is 0 Å². The molecule has 0 spiro atoms. The molecule has 0 saturated carbocycles. The van der Waals surface area contributed by atoms with Crippen molar-refractivity contribution in [3.63, 3.8) is 0 Å². The Morgan fingerprint density at radius 3 is 2.43 bits per heavy atom. The fourth-order valence-electron chi connectivity index (χ4n) is 0.332. The Morgan fingerprint density at radius 2 is 2.00 bits per heavy atom. The van der Waals surface area contributed by atoms with Crippen molar-refractivity contribution in [2.75, 3.05) is 0 Å². The van der Waals surface area contributed by atoms with E-state index in [2.05, 4.69) is 13.5 Å². The first-order chi connectivity index (χ1) is 3.41. The molecule has 0 nitrogen and oxygen atoms in total. The lowest BCUT2D eigenvalue weighted by Crippen LogP contribution is -1.70. The van der Waals surface area contributed by atoms with Crippen LogP contribution in [0.1, 0.15) is 12.8 Å². The van der Waals surface area contributed by atoms with Crippen LogP contribution in [0.3, 0.4) is 0 Å². The Hall–Kier alpha value is -0.260. The van der Waals surface area contributed by atoms with Crippen LogP contribution < -0.4 is 0 Å². The normalized spacial score (nSPS) is 8.71. The molecule has 0 aromatic rings. The molecule has 0 heteroatoms. The van der Waals surface area contributed by atoms with Gasteiger partial charge in [-0.25, -0.2) is 0 Å². The summed E-state index contributed by atoms with van der Waals surface area (Å²) >= 11 is 0. The van der Waals surface area contributed by atoms with Crippen LogP contribution in [0, 0.1) is 19.8 Å². The molecule has 0 aliphatic heterocycles. The number of hydrogen-bond donors (Lipinski definition) is 0. The Bertz CT molecular complexity index is 37.3. The van der Waals surface area contributed by atoms with Gasteiger partial charge in [-0.2, -0.15) is 0 Å². The predicted octanol–water partition coefficient (Wildman–Crippen LogP) is 2.20. The first kappa shape index (κ1) is 6.74. The van der Waals surface area contributed by atoms with E-state index in [-0.39, 0.29) is 0 Å². The summed E-state index contributed by atoms with van der Waals surface area (Å²) < 4.78 is 0. The first-order valence-corrected chi connectivity index (χ1v) is 2.47. The highest BCUT2D eigenvalue weighted by molar-refractivity contribution is 4.87. The van der Waals surface area contributed by atoms with Gasteiger partial charge in [-0.15, -0.1) is 6.58 Å². The highest BCUT2D eigenvalue weighted by atomic mass is 13.8. The van der Waals surface area contributed by atoms with E-state index in [0.29, 0.717) is 0 Å². The SMILES string of the molecule is [CH2][CH][CH]CCC=C. The minimum atomic E-state index is 1.06. The first-order valence-electron chi connectivity index (χ1n) is 2.47. The third-order valence-corrected chi connectivity index (χ3v) is 0.704. The monoisotopic (exact) mass is 95.1 g/mol. The van der Waals surface area contributed by atoms with Gasteiger partial charge in [0.2, 0.25) is 0 Å². The van der Waals surface area contributed by atoms with Crippen LogP contribution in [-0.2, 0) is 0 Å². The number of rotatable bonds is 4. The van der Waals surface area contributed by atoms with E-state index >= 15 is 0 Å². The van der Waals surface area contributed by atoms with Gasteiger partial charge in [0.15, 0.2) is 0 Å². The van der Waals surface area contributed by atoms with E-state index in [1.54, 1.807) is 0 Å². The summed E-state index contributed by atoms with van der Waals surface area (Å²) in [6.45, 7) is 7.12. The number of hydrogen-bond acceptors (Lipinski definition) is 0. The fraction of sp³-hybridized carbons (Fsp3) is 0.286. The van der Waals surface area contributed by atoms with Crippen molar-refractivity contribution in [1.29, 1.82) is 0 Å². The fourth-order valence-corrected chi connectivity index (χ4v) is 0.332. The van der Waals surface area contributed by atoms with E-state index in [1.807, 2.05) is 18.9 Å². The average Bonchev–Trinajstić information content (AvgIpc) is 1.69. The maximum Gasteiger partial charge on any atom is -0.0349 e. The third kappa shape index (κ3) is 5.74. The summed E-state index contributed by atoms with van der Waals surface area (Å²) in [6.07, 6.45) is 7.88. The van der Waals surface area contributed by atoms with Gasteiger partial charge in [0, 0.05) is 0 Å². The summed E-state index contributed by atoms with van der Waals surface area (Å²) in [5.74, 6) is 0. The molecule has 0 aromatic carbocycles. The molecular formula is C7H11. The van der Waals surface area contributed by atoms with Crippen LogP contribution in [0.2, 0.25) is 0 Å². The highest BCUT2D eigenvalue weighted by Gasteiger charge is 1.78. The van der Waals surface area contributed by atoms with Crippen LogP contribution in [0.25, 0.3) is 0 Å². The topological polar surface area (TPSA) is 0 Å². The predicted molar refractivity (Wildman–Crippen MR) is 33.4 cm³/mol. The number of unbranched alkanes of at least 4 members (excludes halogenated alkanes) is 3. The lowest BCUT2D eigenvalue weighted by atomic mass is 10.2. The van der Waals surface area contributed by atoms with Crippen molar-refractivity contribution in [1.82, 2.24) is 0 Å². The molecule has 7 heavy (non-hydrogen) atoms. The Labute approximate surface area is 46.2 Å². The van der Waals surface area contributed by atoms with E-state index in [1.165, 1.54) is 0 Å². The van der Waals surface area contributed by atoms with Crippen LogP contribution >= 0.6 is 0 Å². The molecule has 0 saturated heterocycles. The van der Waals surface area contributed by atoms with Crippen LogP contribution in [0.5, 0.6) is 0 Å². The van der Waals surface area contributed by atoms with Gasteiger partial charge in [-0.3, -0.25) is 0 Å². The molecule has 0 heterocycles. The molecule has 0 fully saturated rings. The van der Waals surface area contributed by atoms with Crippen molar-refractivity contribution in [2.45, 2.75) is 12.8 Å². The van der Waals surface area contributed by atoms with Crippen molar-refractivity contribution in [2.24, 2.45) is 0 Å². The molecule has 39 valence electrons. The molecule has 3 radical (unpaired) electrons. The Morgan fingerprint density at radius 1 is 1.29 bits per heavy atom. The standard InChI is InChI=1S/C7H11/c1-3-5-7-6-4-2/h3-5H,1-2,6-7H2. The smallest absolute Gasteiger partial charge is 0.0349 e. The molecule has 0 aliphatic carbocycles. The van der Waals surface area contributed by atoms with Crippen molar-refractivity contribution >= 4 is 0 Å². The van der Waals surface area contributed by atoms with Gasteiger partial charge in [0.05, 0.1) is 0 Å². The maximum atomic E-state index is 3.58. The second-order valence-corrected chi connectivity index (χ2v) is 1.34. The third-order valence-electron chi connectivity index (χ3n) is 0.704. The molecule has 0 unspecified atom stereocenters. The molecule has 0 rings (SSSR count). The summed E-state index contributed by atoms with van der Waals surface area (Å²) in [5, 5.41) is 0. The molecule has 0 atom stereocenters. The number of allylic oxidation sites excluding steroid dienone is 1. The molecule has 0 bridgehead atoms. The Balaban J connectivity index is 2.56. The maximum absolute atomic E-state index is 3.58. The van der Waals surface area contributed by atoms with Gasteiger partial charge in [-0.1, -0.05) is 6.08 Å². The molecule has 0 aromatic heterocycles. The summed E-state index contributed by atoms with van der Waals surface area (Å²) in [7, 11) is 0. The second kappa shape index (κ2) is 5.74. The van der Waals surface area contributed by atoms with Gasteiger partial charge in [0.1, 0.15) is 0 Å². The molecule has 0 amide bonds. The van der Waals surface area contributed by atoms with E-state index < -0.39 is 0 Å². The van der Waals surface area contributed by atoms with E-state index in [0.717, 1.165) is 12.8 Å². The van der Waals surface area contributed by atoms with Crippen molar-refractivity contribution < 1.29 is 0 Å². The van der Waals surface area contributed by atoms with Crippen LogP contribution in [0.15, 0.2) is 12.7 Å². The summed E-state index contributed by atoms with van der Waals surface area (Å²) in [5.41, 5.74) is 0. The Kier molecular flexibility index (Phi) is 5.53. The van der Waals surface area contributed by atoms with Crippen molar-refractivity contribution in [3.8, 4) is 0 Å². The van der Waals surface area contributed by atoms with Crippen LogP contribution in [-0.4, -0.2) is 0 Å². The van der Waals surface area contributed by atoms with Crippen molar-refractivity contribution in [3.05, 3.63) is 32.4 Å². The molecular weight excluding hydrogens is 84.1 g/mol. The van der Waals surface area contributed by atoms with Gasteiger partial charge < -0.3 is 0 Å². The minimum Gasteiger partial charge on any atom is -0.103 e. The highest BCUT2D eigenvalue weighted by Crippen LogP contribution is 1.94. The zero-order valence-corrected chi connectivity index (χ0v) is 4.56. The van der Waals surface area contributed by atoms with E-state index in [4.69, 9.17) is 0 Å². The average molecular weight is 95.2 g/mol. The van der Waals surface area contributed by atoms with E-state index in [9.17, 15) is 0 Å². The molecule has 0 N–H and O–H groups in total. The summed E-state index contributed by atoms with van der Waals surface area (Å²) in [6, 6.07) is 0.